The number of benzene rings is 1. The van der Waals surface area contributed by atoms with Crippen molar-refractivity contribution in [2.45, 2.75) is 19.9 Å². The molecule has 80 valence electrons. The fraction of sp³-hybridized carbons (Fsp3) is 0.500. The van der Waals surface area contributed by atoms with Crippen LogP contribution in [0, 0.1) is 0 Å². The zero-order valence-corrected chi connectivity index (χ0v) is 10.6. The van der Waals surface area contributed by atoms with Crippen molar-refractivity contribution in [3.8, 4) is 0 Å². The van der Waals surface area contributed by atoms with Gasteiger partial charge in [0.2, 0.25) is 0 Å². The molecule has 0 heterocycles. The van der Waals surface area contributed by atoms with Crippen molar-refractivity contribution in [2.75, 3.05) is 23.1 Å². The molecule has 0 aliphatic carbocycles. The molecule has 2 heteroatoms. The molecule has 14 heavy (non-hydrogen) atoms. The summed E-state index contributed by atoms with van der Waals surface area (Å²) in [7, 11) is -0.684. The molecule has 0 aromatic heterocycles. The Morgan fingerprint density at radius 1 is 1.00 bits per heavy atom. The van der Waals surface area contributed by atoms with E-state index >= 15 is 0 Å². The highest BCUT2D eigenvalue weighted by Gasteiger charge is 2.19. The van der Waals surface area contributed by atoms with Gasteiger partial charge in [0.15, 0.2) is 0 Å². The van der Waals surface area contributed by atoms with Gasteiger partial charge in [-0.2, -0.15) is 10.2 Å². The van der Waals surface area contributed by atoms with Crippen LogP contribution in [0.25, 0.3) is 0 Å². The maximum atomic E-state index is 2.52. The Labute approximate surface area is 89.6 Å². The minimum Gasteiger partial charge on any atom is -0.332 e. The van der Waals surface area contributed by atoms with Gasteiger partial charge < -0.3 is 4.31 Å². The van der Waals surface area contributed by atoms with E-state index in [1.54, 1.807) is 0 Å². The first-order valence-corrected chi connectivity index (χ1v) is 7.77. The van der Waals surface area contributed by atoms with Crippen LogP contribution >= 0.6 is 10.2 Å². The Morgan fingerprint density at radius 3 is 1.86 bits per heavy atom. The lowest BCUT2D eigenvalue weighted by Gasteiger charge is -2.45. The summed E-state index contributed by atoms with van der Waals surface area (Å²) in [6, 6.07) is 11.2. The zero-order chi connectivity index (χ0) is 10.8. The Balaban J connectivity index is 3.02. The molecule has 0 N–H and O–H groups in total. The highest BCUT2D eigenvalue weighted by atomic mass is 32.3. The summed E-state index contributed by atoms with van der Waals surface area (Å²) in [5.41, 5.74) is 1.34. The summed E-state index contributed by atoms with van der Waals surface area (Å²) in [5, 5.41) is 0. The number of anilines is 1. The first-order valence-electron chi connectivity index (χ1n) is 4.95. The zero-order valence-electron chi connectivity index (χ0n) is 9.82. The monoisotopic (exact) mass is 211 g/mol. The fourth-order valence-corrected chi connectivity index (χ4v) is 3.84. The largest absolute Gasteiger partial charge is 0.332 e. The van der Waals surface area contributed by atoms with Crippen molar-refractivity contribution < 1.29 is 0 Å². The molecule has 0 amide bonds. The quantitative estimate of drug-likeness (QED) is 0.739. The van der Waals surface area contributed by atoms with Crippen LogP contribution in [0.2, 0.25) is 0 Å². The molecule has 0 aliphatic heterocycles. The Kier molecular flexibility index (Phi) is 3.48. The van der Waals surface area contributed by atoms with E-state index < -0.39 is 10.2 Å². The van der Waals surface area contributed by atoms with E-state index in [4.69, 9.17) is 0 Å². The predicted octanol–water partition coefficient (Wildman–Crippen LogP) is 3.51. The van der Waals surface area contributed by atoms with Crippen LogP contribution in [0.5, 0.6) is 0 Å². The van der Waals surface area contributed by atoms with Crippen LogP contribution in [0.15, 0.2) is 30.3 Å². The summed E-state index contributed by atoms with van der Waals surface area (Å²) in [4.78, 5) is 0. The molecular formula is C12H21NS. The molecule has 0 bridgehead atoms. The van der Waals surface area contributed by atoms with Crippen molar-refractivity contribution in [1.82, 2.24) is 0 Å². The van der Waals surface area contributed by atoms with E-state index in [1.807, 2.05) is 0 Å². The predicted molar refractivity (Wildman–Crippen MR) is 69.4 cm³/mol. The van der Waals surface area contributed by atoms with E-state index in [2.05, 4.69) is 67.3 Å². The average molecular weight is 211 g/mol. The summed E-state index contributed by atoms with van der Waals surface area (Å²) < 4.78 is 2.52. The molecule has 0 fully saturated rings. The van der Waals surface area contributed by atoms with Gasteiger partial charge in [-0.25, -0.2) is 0 Å². The molecule has 1 nitrogen and oxygen atoms in total. The van der Waals surface area contributed by atoms with Crippen molar-refractivity contribution in [3.05, 3.63) is 30.3 Å². The van der Waals surface area contributed by atoms with Crippen LogP contribution in [0.1, 0.15) is 13.8 Å². The molecule has 0 unspecified atom stereocenters. The second-order valence-corrected chi connectivity index (χ2v) is 8.47. The molecular weight excluding hydrogens is 190 g/mol. The lowest BCUT2D eigenvalue weighted by Crippen LogP contribution is -2.32. The molecule has 0 radical (unpaired) electrons. The minimum absolute atomic E-state index is 0.562. The second kappa shape index (κ2) is 4.26. The van der Waals surface area contributed by atoms with Crippen LogP contribution in [0.4, 0.5) is 5.69 Å². The van der Waals surface area contributed by atoms with Gasteiger partial charge >= 0.3 is 0 Å². The van der Waals surface area contributed by atoms with Crippen molar-refractivity contribution in [3.63, 3.8) is 0 Å². The van der Waals surface area contributed by atoms with Gasteiger partial charge in [-0.3, -0.25) is 0 Å². The number of rotatable bonds is 3. The molecule has 0 saturated carbocycles. The van der Waals surface area contributed by atoms with Gasteiger partial charge in [-0.05, 0) is 44.7 Å². The van der Waals surface area contributed by atoms with Crippen LogP contribution in [-0.2, 0) is 0 Å². The summed E-state index contributed by atoms with van der Waals surface area (Å²) in [5.74, 6) is 0. The highest BCUT2D eigenvalue weighted by molar-refractivity contribution is 8.33. The lowest BCUT2D eigenvalue weighted by molar-refractivity contribution is 0.831. The third kappa shape index (κ3) is 2.68. The van der Waals surface area contributed by atoms with Gasteiger partial charge in [-0.15, -0.1) is 0 Å². The maximum absolute atomic E-state index is 2.52. The summed E-state index contributed by atoms with van der Waals surface area (Å²) >= 11 is 0. The van der Waals surface area contributed by atoms with E-state index in [0.29, 0.717) is 6.04 Å². The third-order valence-electron chi connectivity index (χ3n) is 2.07. The molecule has 0 saturated heterocycles. The number of hydrogen-bond donors (Lipinski definition) is 0. The molecule has 0 spiro atoms. The average Bonchev–Trinajstić information content (AvgIpc) is 2.02. The van der Waals surface area contributed by atoms with E-state index in [1.165, 1.54) is 5.69 Å². The fourth-order valence-electron chi connectivity index (χ4n) is 1.82. The highest BCUT2D eigenvalue weighted by Crippen LogP contribution is 2.44. The first-order chi connectivity index (χ1) is 6.43. The summed E-state index contributed by atoms with van der Waals surface area (Å²) in [6.07, 6.45) is 7.00. The molecule has 0 aliphatic rings. The normalized spacial score (nSPS) is 13.0. The van der Waals surface area contributed by atoms with E-state index in [-0.39, 0.29) is 0 Å². The van der Waals surface area contributed by atoms with Crippen molar-refractivity contribution in [2.24, 2.45) is 0 Å². The molecule has 1 aromatic rings. The number of nitrogens with zero attached hydrogens (tertiary/aromatic N) is 1. The van der Waals surface area contributed by atoms with Gasteiger partial charge in [0.1, 0.15) is 0 Å². The van der Waals surface area contributed by atoms with Gasteiger partial charge in [0.05, 0.1) is 0 Å². The van der Waals surface area contributed by atoms with Crippen LogP contribution in [-0.4, -0.2) is 24.8 Å². The standard InChI is InChI=1S/C12H21NS/c1-11(2)13(14(3,4)5)12-9-7-6-8-10-12/h6-11H,1-5H3. The van der Waals surface area contributed by atoms with E-state index in [9.17, 15) is 0 Å². The molecule has 1 aromatic carbocycles. The first kappa shape index (κ1) is 11.4. The lowest BCUT2D eigenvalue weighted by atomic mass is 10.3. The SMILES string of the molecule is CC(C)N(c1ccccc1)S(C)(C)C. The van der Waals surface area contributed by atoms with Crippen molar-refractivity contribution >= 4 is 15.9 Å². The summed E-state index contributed by atoms with van der Waals surface area (Å²) in [6.45, 7) is 4.51. The maximum Gasteiger partial charge on any atom is 0.0456 e. The van der Waals surface area contributed by atoms with Crippen LogP contribution in [0.3, 0.4) is 0 Å². The number of hydrogen-bond acceptors (Lipinski definition) is 1. The Bertz CT molecular complexity index is 274. The molecule has 1 rings (SSSR count). The van der Waals surface area contributed by atoms with Crippen molar-refractivity contribution in [1.29, 1.82) is 0 Å². The Morgan fingerprint density at radius 2 is 1.50 bits per heavy atom. The minimum atomic E-state index is -0.684. The van der Waals surface area contributed by atoms with Gasteiger partial charge in [0, 0.05) is 11.7 Å². The van der Waals surface area contributed by atoms with E-state index in [0.717, 1.165) is 0 Å². The topological polar surface area (TPSA) is 3.24 Å². The van der Waals surface area contributed by atoms with Gasteiger partial charge in [0.25, 0.3) is 0 Å². The molecule has 0 atom stereocenters. The second-order valence-electron chi connectivity index (χ2n) is 4.53. The third-order valence-corrected chi connectivity index (χ3v) is 3.88. The smallest absolute Gasteiger partial charge is 0.0456 e. The van der Waals surface area contributed by atoms with Crippen LogP contribution < -0.4 is 4.31 Å². The number of para-hydroxylation sites is 1. The Hall–Kier alpha value is -0.630. The van der Waals surface area contributed by atoms with Gasteiger partial charge in [-0.1, -0.05) is 18.2 Å².